The predicted octanol–water partition coefficient (Wildman–Crippen LogP) is 2.04. The molecule has 0 spiro atoms. The lowest BCUT2D eigenvalue weighted by molar-refractivity contribution is -0.384. The highest BCUT2D eigenvalue weighted by molar-refractivity contribution is 6.31. The van der Waals surface area contributed by atoms with Crippen LogP contribution >= 0.6 is 11.6 Å². The zero-order valence-corrected chi connectivity index (χ0v) is 11.3. The summed E-state index contributed by atoms with van der Waals surface area (Å²) < 4.78 is 5.61. The van der Waals surface area contributed by atoms with E-state index in [1.54, 1.807) is 11.9 Å². The number of nitro groups is 1. The van der Waals surface area contributed by atoms with Gasteiger partial charge in [-0.1, -0.05) is 11.6 Å². The second-order valence-corrected chi connectivity index (χ2v) is 4.82. The Morgan fingerprint density at radius 1 is 1.58 bits per heavy atom. The number of rotatable bonds is 4. The predicted molar refractivity (Wildman–Crippen MR) is 70.6 cm³/mol. The number of ether oxygens (including phenoxy) is 1. The molecule has 0 radical (unpaired) electrons. The number of nitrogens with zero attached hydrogens (tertiary/aromatic N) is 4. The first-order valence-corrected chi connectivity index (χ1v) is 6.45. The fourth-order valence-corrected chi connectivity index (χ4v) is 2.33. The van der Waals surface area contributed by atoms with E-state index >= 15 is 0 Å². The van der Waals surface area contributed by atoms with Crippen molar-refractivity contribution in [2.75, 3.05) is 25.1 Å². The van der Waals surface area contributed by atoms with E-state index in [0.717, 1.165) is 25.9 Å². The monoisotopic (exact) mass is 286 g/mol. The van der Waals surface area contributed by atoms with Gasteiger partial charge in [-0.05, 0) is 19.3 Å². The molecule has 2 heterocycles. The lowest BCUT2D eigenvalue weighted by Gasteiger charge is -2.27. The molecule has 0 saturated carbocycles. The first-order valence-electron chi connectivity index (χ1n) is 6.07. The van der Waals surface area contributed by atoms with Crippen molar-refractivity contribution < 1.29 is 9.66 Å². The Morgan fingerprint density at radius 3 is 3.00 bits per heavy atom. The third kappa shape index (κ3) is 3.30. The molecule has 0 amide bonds. The first-order chi connectivity index (χ1) is 9.09. The summed E-state index contributed by atoms with van der Waals surface area (Å²) in [6.07, 6.45) is 4.44. The van der Waals surface area contributed by atoms with Crippen molar-refractivity contribution in [1.82, 2.24) is 9.97 Å². The molecule has 19 heavy (non-hydrogen) atoms. The van der Waals surface area contributed by atoms with Crippen LogP contribution in [0.15, 0.2) is 6.33 Å². The van der Waals surface area contributed by atoms with Crippen molar-refractivity contribution in [1.29, 1.82) is 0 Å². The summed E-state index contributed by atoms with van der Waals surface area (Å²) in [7, 11) is 1.74. The molecule has 1 atom stereocenters. The van der Waals surface area contributed by atoms with E-state index in [9.17, 15) is 10.1 Å². The van der Waals surface area contributed by atoms with Gasteiger partial charge in [0.15, 0.2) is 0 Å². The number of hydrogen-bond acceptors (Lipinski definition) is 6. The van der Waals surface area contributed by atoms with E-state index in [-0.39, 0.29) is 22.8 Å². The fraction of sp³-hybridized carbons (Fsp3) is 0.636. The highest BCUT2D eigenvalue weighted by atomic mass is 35.5. The number of aromatic nitrogens is 2. The molecule has 1 aromatic rings. The van der Waals surface area contributed by atoms with Gasteiger partial charge in [0, 0.05) is 20.2 Å². The number of hydrogen-bond donors (Lipinski definition) is 0. The van der Waals surface area contributed by atoms with Crippen LogP contribution in [0.4, 0.5) is 11.5 Å². The minimum atomic E-state index is -0.560. The summed E-state index contributed by atoms with van der Waals surface area (Å²) >= 11 is 5.76. The summed E-state index contributed by atoms with van der Waals surface area (Å²) in [4.78, 5) is 19.8. The molecule has 0 aliphatic carbocycles. The number of anilines is 1. The molecule has 1 saturated heterocycles. The molecule has 0 bridgehead atoms. The summed E-state index contributed by atoms with van der Waals surface area (Å²) in [5.41, 5.74) is -0.262. The van der Waals surface area contributed by atoms with Crippen molar-refractivity contribution in [2.24, 2.45) is 0 Å². The quantitative estimate of drug-likeness (QED) is 0.479. The number of likely N-dealkylation sites (N-methyl/N-ethyl adjacent to an activating group) is 1. The Hall–Kier alpha value is -1.47. The Morgan fingerprint density at radius 2 is 2.37 bits per heavy atom. The average Bonchev–Trinajstić information content (AvgIpc) is 2.39. The Kier molecular flexibility index (Phi) is 4.49. The van der Waals surface area contributed by atoms with Gasteiger partial charge in [0.2, 0.25) is 11.0 Å². The molecule has 2 rings (SSSR count). The smallest absolute Gasteiger partial charge is 0.348 e. The van der Waals surface area contributed by atoms with E-state index < -0.39 is 4.92 Å². The molecule has 0 N–H and O–H groups in total. The van der Waals surface area contributed by atoms with Crippen LogP contribution in [-0.4, -0.2) is 41.2 Å². The average molecular weight is 287 g/mol. The highest BCUT2D eigenvalue weighted by Crippen LogP contribution is 2.31. The molecule has 1 unspecified atom stereocenters. The van der Waals surface area contributed by atoms with Crippen LogP contribution in [0.25, 0.3) is 0 Å². The van der Waals surface area contributed by atoms with Crippen LogP contribution in [-0.2, 0) is 4.74 Å². The van der Waals surface area contributed by atoms with Gasteiger partial charge < -0.3 is 9.64 Å². The molecule has 0 aromatic carbocycles. The Bertz CT molecular complexity index is 465. The van der Waals surface area contributed by atoms with E-state index in [1.807, 2.05) is 0 Å². The first kappa shape index (κ1) is 14.0. The lowest BCUT2D eigenvalue weighted by Crippen LogP contribution is -2.34. The summed E-state index contributed by atoms with van der Waals surface area (Å²) in [5, 5.41) is 10.9. The maximum atomic E-state index is 11.0. The van der Waals surface area contributed by atoms with Gasteiger partial charge in [-0.25, -0.2) is 9.97 Å². The van der Waals surface area contributed by atoms with Crippen LogP contribution in [0.2, 0.25) is 5.15 Å². The normalized spacial score (nSPS) is 19.2. The van der Waals surface area contributed by atoms with Gasteiger partial charge in [0.25, 0.3) is 0 Å². The molecule has 7 nitrogen and oxygen atoms in total. The van der Waals surface area contributed by atoms with Crippen molar-refractivity contribution in [3.8, 4) is 0 Å². The molecular formula is C11H15ClN4O3. The van der Waals surface area contributed by atoms with Crippen molar-refractivity contribution in [3.05, 3.63) is 21.6 Å². The van der Waals surface area contributed by atoms with E-state index in [2.05, 4.69) is 9.97 Å². The standard InChI is InChI=1S/C11H15ClN4O3/c1-15(6-8-4-2-3-5-19-8)11-9(16(17)18)10(12)13-7-14-11/h7-8H,2-6H2,1H3. The molecule has 1 fully saturated rings. The molecular weight excluding hydrogens is 272 g/mol. The molecule has 1 aromatic heterocycles. The maximum absolute atomic E-state index is 11.0. The second kappa shape index (κ2) is 6.12. The Balaban J connectivity index is 2.16. The third-order valence-corrected chi connectivity index (χ3v) is 3.33. The summed E-state index contributed by atoms with van der Waals surface area (Å²) in [6.45, 7) is 1.29. The largest absolute Gasteiger partial charge is 0.376 e. The zero-order chi connectivity index (χ0) is 13.8. The van der Waals surface area contributed by atoms with Crippen LogP contribution in [0.3, 0.4) is 0 Å². The minimum absolute atomic E-state index is 0.0760. The van der Waals surface area contributed by atoms with Gasteiger partial charge in [-0.15, -0.1) is 0 Å². The summed E-state index contributed by atoms with van der Waals surface area (Å²) in [5.74, 6) is 0.221. The van der Waals surface area contributed by atoms with Crippen LogP contribution in [0, 0.1) is 10.1 Å². The molecule has 1 aliphatic rings. The topological polar surface area (TPSA) is 81.4 Å². The van der Waals surface area contributed by atoms with Gasteiger partial charge in [-0.2, -0.15) is 0 Å². The van der Waals surface area contributed by atoms with E-state index in [4.69, 9.17) is 16.3 Å². The highest BCUT2D eigenvalue weighted by Gasteiger charge is 2.26. The Labute approximate surface area is 115 Å². The third-order valence-electron chi connectivity index (χ3n) is 3.05. The maximum Gasteiger partial charge on any atom is 0.348 e. The number of halogens is 1. The van der Waals surface area contributed by atoms with Crippen LogP contribution < -0.4 is 4.90 Å². The van der Waals surface area contributed by atoms with Crippen LogP contribution in [0.5, 0.6) is 0 Å². The second-order valence-electron chi connectivity index (χ2n) is 4.46. The van der Waals surface area contributed by atoms with Gasteiger partial charge in [-0.3, -0.25) is 10.1 Å². The lowest BCUT2D eigenvalue weighted by atomic mass is 10.1. The van der Waals surface area contributed by atoms with Crippen molar-refractivity contribution in [3.63, 3.8) is 0 Å². The van der Waals surface area contributed by atoms with Gasteiger partial charge in [0.05, 0.1) is 11.0 Å². The van der Waals surface area contributed by atoms with E-state index in [1.165, 1.54) is 6.33 Å². The van der Waals surface area contributed by atoms with E-state index in [0.29, 0.717) is 6.54 Å². The van der Waals surface area contributed by atoms with Gasteiger partial charge in [0.1, 0.15) is 6.33 Å². The molecule has 1 aliphatic heterocycles. The van der Waals surface area contributed by atoms with Crippen molar-refractivity contribution >= 4 is 23.1 Å². The van der Waals surface area contributed by atoms with Gasteiger partial charge >= 0.3 is 5.69 Å². The SMILES string of the molecule is CN(CC1CCCCO1)c1ncnc(Cl)c1[N+](=O)[O-]. The summed E-state index contributed by atoms with van der Waals surface area (Å²) in [6, 6.07) is 0. The zero-order valence-electron chi connectivity index (χ0n) is 10.6. The van der Waals surface area contributed by atoms with Crippen LogP contribution in [0.1, 0.15) is 19.3 Å². The fourth-order valence-electron chi connectivity index (χ4n) is 2.13. The minimum Gasteiger partial charge on any atom is -0.376 e. The molecule has 8 heteroatoms. The molecule has 104 valence electrons. The van der Waals surface area contributed by atoms with Crippen molar-refractivity contribution in [2.45, 2.75) is 25.4 Å².